The number of carbonyl (C=O) groups is 1. The van der Waals surface area contributed by atoms with E-state index in [1.54, 1.807) is 24.4 Å². The zero-order valence-corrected chi connectivity index (χ0v) is 12.6. The van der Waals surface area contributed by atoms with Gasteiger partial charge in [-0.25, -0.2) is 0 Å². The molecule has 0 radical (unpaired) electrons. The van der Waals surface area contributed by atoms with Crippen molar-refractivity contribution in [1.82, 2.24) is 10.3 Å². The molecule has 3 nitrogen and oxygen atoms in total. The van der Waals surface area contributed by atoms with Gasteiger partial charge in [0.1, 0.15) is 0 Å². The summed E-state index contributed by atoms with van der Waals surface area (Å²) in [6.45, 7) is 1.88. The third kappa shape index (κ3) is 3.33. The number of aromatic nitrogens is 1. The summed E-state index contributed by atoms with van der Waals surface area (Å²) >= 11 is 9.40. The van der Waals surface area contributed by atoms with E-state index >= 15 is 0 Å². The van der Waals surface area contributed by atoms with Crippen molar-refractivity contribution in [3.8, 4) is 0 Å². The van der Waals surface area contributed by atoms with Gasteiger partial charge >= 0.3 is 0 Å². The number of nitrogens with one attached hydrogen (secondary N) is 1. The molecule has 1 aromatic carbocycles. The van der Waals surface area contributed by atoms with E-state index in [9.17, 15) is 4.79 Å². The molecule has 0 aliphatic carbocycles. The van der Waals surface area contributed by atoms with Gasteiger partial charge < -0.3 is 5.32 Å². The first-order chi connectivity index (χ1) is 9.09. The fourth-order valence-electron chi connectivity index (χ4n) is 1.66. The molecule has 0 saturated carbocycles. The first-order valence-corrected chi connectivity index (χ1v) is 6.92. The maximum Gasteiger partial charge on any atom is 0.253 e. The molecule has 0 aliphatic heterocycles. The van der Waals surface area contributed by atoms with Crippen LogP contribution in [-0.4, -0.2) is 10.9 Å². The van der Waals surface area contributed by atoms with Gasteiger partial charge in [-0.2, -0.15) is 0 Å². The number of pyridine rings is 1. The molecule has 2 aromatic rings. The van der Waals surface area contributed by atoms with Crippen molar-refractivity contribution in [3.05, 3.63) is 63.3 Å². The average Bonchev–Trinajstić information content (AvgIpc) is 2.42. The zero-order chi connectivity index (χ0) is 13.8. The molecule has 1 aromatic heterocycles. The summed E-state index contributed by atoms with van der Waals surface area (Å²) in [5.41, 5.74) is 1.25. The first kappa shape index (κ1) is 14.0. The molecule has 1 atom stereocenters. The van der Waals surface area contributed by atoms with Gasteiger partial charge in [-0.3, -0.25) is 9.78 Å². The molecular weight excluding hydrogens is 328 g/mol. The van der Waals surface area contributed by atoms with Crippen LogP contribution in [-0.2, 0) is 0 Å². The fourth-order valence-corrected chi connectivity index (χ4v) is 2.24. The summed E-state index contributed by atoms with van der Waals surface area (Å²) < 4.78 is 0.701. The highest BCUT2D eigenvalue weighted by atomic mass is 79.9. The smallest absolute Gasteiger partial charge is 0.253 e. The normalized spacial score (nSPS) is 11.9. The van der Waals surface area contributed by atoms with E-state index in [0.29, 0.717) is 15.1 Å². The second-order valence-electron chi connectivity index (χ2n) is 4.05. The minimum absolute atomic E-state index is 0.177. The molecule has 2 rings (SSSR count). The van der Waals surface area contributed by atoms with Gasteiger partial charge in [0, 0.05) is 10.7 Å². The van der Waals surface area contributed by atoms with E-state index < -0.39 is 0 Å². The van der Waals surface area contributed by atoms with Crippen molar-refractivity contribution in [3.63, 3.8) is 0 Å². The number of carbonyl (C=O) groups excluding carboxylic acids is 1. The molecule has 0 bridgehead atoms. The van der Waals surface area contributed by atoms with Gasteiger partial charge in [-0.05, 0) is 47.1 Å². The molecule has 1 unspecified atom stereocenters. The molecule has 0 aliphatic rings. The van der Waals surface area contributed by atoms with Crippen molar-refractivity contribution in [2.24, 2.45) is 0 Å². The number of amides is 1. The Morgan fingerprint density at radius 3 is 2.79 bits per heavy atom. The summed E-state index contributed by atoms with van der Waals surface area (Å²) in [7, 11) is 0. The number of rotatable bonds is 3. The maximum absolute atomic E-state index is 12.2. The second-order valence-corrected chi connectivity index (χ2v) is 5.28. The predicted molar refractivity (Wildman–Crippen MR) is 79.3 cm³/mol. The fraction of sp³-hybridized carbons (Fsp3) is 0.143. The lowest BCUT2D eigenvalue weighted by Crippen LogP contribution is -2.27. The van der Waals surface area contributed by atoms with Crippen molar-refractivity contribution in [2.45, 2.75) is 13.0 Å². The Balaban J connectivity index is 2.16. The molecule has 19 heavy (non-hydrogen) atoms. The predicted octanol–water partition coefficient (Wildman–Crippen LogP) is 3.99. The molecule has 1 N–H and O–H groups in total. The third-order valence-electron chi connectivity index (χ3n) is 2.68. The van der Waals surface area contributed by atoms with Gasteiger partial charge in [-0.15, -0.1) is 0 Å². The SMILES string of the molecule is CC(NC(=O)c1cccc(Br)c1Cl)c1ccccn1. The lowest BCUT2D eigenvalue weighted by Gasteiger charge is -2.14. The monoisotopic (exact) mass is 338 g/mol. The van der Waals surface area contributed by atoms with Crippen LogP contribution >= 0.6 is 27.5 Å². The standard InChI is InChI=1S/C14H12BrClN2O/c1-9(12-7-2-3-8-17-12)18-14(19)10-5-4-6-11(15)13(10)16/h2-9H,1H3,(H,18,19). The van der Waals surface area contributed by atoms with Crippen molar-refractivity contribution in [2.75, 3.05) is 0 Å². The quantitative estimate of drug-likeness (QED) is 0.918. The van der Waals surface area contributed by atoms with E-state index in [1.807, 2.05) is 25.1 Å². The van der Waals surface area contributed by atoms with Gasteiger partial charge in [0.25, 0.3) is 5.91 Å². The van der Waals surface area contributed by atoms with Crippen LogP contribution in [0.4, 0.5) is 0 Å². The van der Waals surface area contributed by atoms with Gasteiger partial charge in [0.05, 0.1) is 22.3 Å². The molecular formula is C14H12BrClN2O. The topological polar surface area (TPSA) is 42.0 Å². The largest absolute Gasteiger partial charge is 0.344 e. The van der Waals surface area contributed by atoms with Crippen molar-refractivity contribution in [1.29, 1.82) is 0 Å². The van der Waals surface area contributed by atoms with Gasteiger partial charge in [0.2, 0.25) is 0 Å². The average molecular weight is 340 g/mol. The minimum Gasteiger partial charge on any atom is -0.344 e. The third-order valence-corrected chi connectivity index (χ3v) is 3.97. The highest BCUT2D eigenvalue weighted by Gasteiger charge is 2.15. The highest BCUT2D eigenvalue weighted by Crippen LogP contribution is 2.26. The van der Waals surface area contributed by atoms with E-state index in [0.717, 1.165) is 5.69 Å². The molecule has 5 heteroatoms. The summed E-state index contributed by atoms with van der Waals surface area (Å²) in [4.78, 5) is 16.4. The zero-order valence-electron chi connectivity index (χ0n) is 10.2. The summed E-state index contributed by atoms with van der Waals surface area (Å²) in [5, 5.41) is 3.28. The van der Waals surface area contributed by atoms with E-state index in [1.165, 1.54) is 0 Å². The summed E-state index contributed by atoms with van der Waals surface area (Å²) in [6, 6.07) is 10.7. The minimum atomic E-state index is -0.218. The molecule has 1 amide bonds. The Morgan fingerprint density at radius 2 is 2.11 bits per heavy atom. The Labute approximate surface area is 125 Å². The van der Waals surface area contributed by atoms with Crippen LogP contribution in [0.5, 0.6) is 0 Å². The van der Waals surface area contributed by atoms with Crippen LogP contribution in [0.25, 0.3) is 0 Å². The van der Waals surface area contributed by atoms with Crippen LogP contribution in [0.1, 0.15) is 29.0 Å². The summed E-state index contributed by atoms with van der Waals surface area (Å²) in [5.74, 6) is -0.218. The van der Waals surface area contributed by atoms with Gasteiger partial charge in [0.15, 0.2) is 0 Å². The molecule has 0 fully saturated rings. The number of nitrogens with zero attached hydrogens (tertiary/aromatic N) is 1. The highest BCUT2D eigenvalue weighted by molar-refractivity contribution is 9.10. The Kier molecular flexibility index (Phi) is 4.56. The maximum atomic E-state index is 12.2. The Morgan fingerprint density at radius 1 is 1.32 bits per heavy atom. The van der Waals surface area contributed by atoms with Crippen LogP contribution < -0.4 is 5.32 Å². The van der Waals surface area contributed by atoms with E-state index in [4.69, 9.17) is 11.6 Å². The number of benzene rings is 1. The second kappa shape index (κ2) is 6.17. The lowest BCUT2D eigenvalue weighted by molar-refractivity contribution is 0.0939. The Hall–Kier alpha value is -1.39. The lowest BCUT2D eigenvalue weighted by atomic mass is 10.1. The number of halogens is 2. The summed E-state index contributed by atoms with van der Waals surface area (Å²) in [6.07, 6.45) is 1.70. The van der Waals surface area contributed by atoms with Crippen molar-refractivity contribution >= 4 is 33.4 Å². The first-order valence-electron chi connectivity index (χ1n) is 5.75. The molecule has 98 valence electrons. The number of hydrogen-bond donors (Lipinski definition) is 1. The Bertz CT molecular complexity index is 589. The van der Waals surface area contributed by atoms with Crippen LogP contribution in [0.2, 0.25) is 5.02 Å². The van der Waals surface area contributed by atoms with Gasteiger partial charge in [-0.1, -0.05) is 23.7 Å². The number of hydrogen-bond acceptors (Lipinski definition) is 2. The van der Waals surface area contributed by atoms with Crippen LogP contribution in [0, 0.1) is 0 Å². The van der Waals surface area contributed by atoms with Crippen LogP contribution in [0.3, 0.4) is 0 Å². The van der Waals surface area contributed by atoms with Crippen molar-refractivity contribution < 1.29 is 4.79 Å². The molecule has 0 spiro atoms. The molecule has 0 saturated heterocycles. The molecule has 1 heterocycles. The van der Waals surface area contributed by atoms with E-state index in [-0.39, 0.29) is 11.9 Å². The van der Waals surface area contributed by atoms with E-state index in [2.05, 4.69) is 26.2 Å². The van der Waals surface area contributed by atoms with Crippen LogP contribution in [0.15, 0.2) is 47.1 Å².